The molecular weight excluding hydrogens is 152 g/mol. The molecule has 1 heterocycles. The molecule has 64 valence electrons. The zero-order valence-corrected chi connectivity index (χ0v) is 7.33. The number of cyclic esters (lactones) is 1. The second-order valence-corrected chi connectivity index (χ2v) is 3.57. The molecule has 0 aromatic heterocycles. The normalized spacial score (nSPS) is 33.7. The number of carbonyl (C=O) groups excluding carboxylic acids is 1. The van der Waals surface area contributed by atoms with E-state index in [-0.39, 0.29) is 11.9 Å². The van der Waals surface area contributed by atoms with Crippen molar-refractivity contribution in [2.24, 2.45) is 11.8 Å². The Morgan fingerprint density at radius 1 is 1.42 bits per heavy atom. The van der Waals surface area contributed by atoms with Gasteiger partial charge in [-0.25, -0.2) is 0 Å². The van der Waals surface area contributed by atoms with Crippen LogP contribution in [0.25, 0.3) is 0 Å². The molecule has 1 aliphatic heterocycles. The number of rotatable bonds is 0. The van der Waals surface area contributed by atoms with E-state index in [1.54, 1.807) is 6.26 Å². The molecule has 0 saturated carbocycles. The highest BCUT2D eigenvalue weighted by molar-refractivity contribution is 5.79. The Labute approximate surface area is 71.9 Å². The number of carbonyl (C=O) groups is 1. The van der Waals surface area contributed by atoms with Crippen LogP contribution in [0.5, 0.6) is 0 Å². The van der Waals surface area contributed by atoms with Crippen molar-refractivity contribution in [3.8, 4) is 0 Å². The van der Waals surface area contributed by atoms with E-state index in [1.807, 2.05) is 13.8 Å². The molecule has 2 nitrogen and oxygen atoms in total. The number of ether oxygens (including phenoxy) is 1. The Balaban J connectivity index is 2.35. The summed E-state index contributed by atoms with van der Waals surface area (Å²) in [5.74, 6) is 0.304. The van der Waals surface area contributed by atoms with Crippen molar-refractivity contribution in [2.45, 2.75) is 20.3 Å². The Morgan fingerprint density at radius 2 is 2.17 bits per heavy atom. The monoisotopic (exact) mass is 164 g/mol. The van der Waals surface area contributed by atoms with Crippen LogP contribution < -0.4 is 0 Å². The largest absolute Gasteiger partial charge is 0.434 e. The van der Waals surface area contributed by atoms with Crippen LogP contribution in [-0.4, -0.2) is 5.97 Å². The average Bonchev–Trinajstić information content (AvgIpc) is 2.42. The molecule has 12 heavy (non-hydrogen) atoms. The van der Waals surface area contributed by atoms with E-state index in [0.717, 1.165) is 12.0 Å². The first-order chi connectivity index (χ1) is 5.70. The third-order valence-corrected chi connectivity index (χ3v) is 2.79. The van der Waals surface area contributed by atoms with Crippen LogP contribution in [0.2, 0.25) is 0 Å². The first-order valence-electron chi connectivity index (χ1n) is 4.24. The second kappa shape index (κ2) is 2.47. The van der Waals surface area contributed by atoms with Gasteiger partial charge in [-0.2, -0.15) is 0 Å². The first-order valence-corrected chi connectivity index (χ1v) is 4.24. The number of hydrogen-bond donors (Lipinski definition) is 0. The van der Waals surface area contributed by atoms with Crippen LogP contribution in [-0.2, 0) is 9.53 Å². The Hall–Kier alpha value is -1.05. The molecule has 0 radical (unpaired) electrons. The van der Waals surface area contributed by atoms with Gasteiger partial charge >= 0.3 is 5.97 Å². The molecule has 0 bridgehead atoms. The van der Waals surface area contributed by atoms with Crippen LogP contribution in [0.15, 0.2) is 23.5 Å². The zero-order valence-electron chi connectivity index (χ0n) is 7.33. The lowest BCUT2D eigenvalue weighted by atomic mass is 9.85. The molecule has 0 aromatic rings. The maximum atomic E-state index is 11.3. The summed E-state index contributed by atoms with van der Waals surface area (Å²) in [5.41, 5.74) is 2.35. The van der Waals surface area contributed by atoms with Crippen molar-refractivity contribution in [3.63, 3.8) is 0 Å². The summed E-state index contributed by atoms with van der Waals surface area (Å²) in [6.45, 7) is 4.03. The fourth-order valence-corrected chi connectivity index (χ4v) is 2.00. The summed E-state index contributed by atoms with van der Waals surface area (Å²) < 4.78 is 4.93. The van der Waals surface area contributed by atoms with E-state index >= 15 is 0 Å². The van der Waals surface area contributed by atoms with Gasteiger partial charge in [0.15, 0.2) is 0 Å². The van der Waals surface area contributed by atoms with Crippen LogP contribution in [0.4, 0.5) is 0 Å². The van der Waals surface area contributed by atoms with Crippen molar-refractivity contribution in [3.05, 3.63) is 23.5 Å². The zero-order chi connectivity index (χ0) is 8.72. The Bertz CT molecular complexity index is 286. The molecule has 0 fully saturated rings. The smallest absolute Gasteiger partial charge is 0.318 e. The highest BCUT2D eigenvalue weighted by Gasteiger charge is 2.37. The highest BCUT2D eigenvalue weighted by atomic mass is 16.5. The minimum Gasteiger partial charge on any atom is -0.434 e. The molecule has 0 spiro atoms. The highest BCUT2D eigenvalue weighted by Crippen LogP contribution is 2.39. The lowest BCUT2D eigenvalue weighted by Crippen LogP contribution is -2.26. The fourth-order valence-electron chi connectivity index (χ4n) is 2.00. The maximum absolute atomic E-state index is 11.3. The van der Waals surface area contributed by atoms with Gasteiger partial charge in [0.25, 0.3) is 0 Å². The van der Waals surface area contributed by atoms with Gasteiger partial charge in [0.05, 0.1) is 12.2 Å². The Morgan fingerprint density at radius 3 is 2.83 bits per heavy atom. The molecule has 2 atom stereocenters. The van der Waals surface area contributed by atoms with E-state index in [2.05, 4.69) is 6.08 Å². The predicted octanol–water partition coefficient (Wildman–Crippen LogP) is 2.03. The third kappa shape index (κ3) is 0.909. The summed E-state index contributed by atoms with van der Waals surface area (Å²) in [5, 5.41) is 0. The minimum absolute atomic E-state index is 0.00926. The molecule has 2 heteroatoms. The average molecular weight is 164 g/mol. The molecule has 0 amide bonds. The van der Waals surface area contributed by atoms with Crippen molar-refractivity contribution in [2.75, 3.05) is 0 Å². The van der Waals surface area contributed by atoms with Crippen LogP contribution in [0, 0.1) is 11.8 Å². The molecule has 0 unspecified atom stereocenters. The van der Waals surface area contributed by atoms with Crippen LogP contribution in [0.3, 0.4) is 0 Å². The molecule has 0 N–H and O–H groups in total. The molecule has 0 aromatic carbocycles. The van der Waals surface area contributed by atoms with Gasteiger partial charge in [0, 0.05) is 5.92 Å². The van der Waals surface area contributed by atoms with Gasteiger partial charge in [0.1, 0.15) is 0 Å². The number of fused-ring (bicyclic) bond motifs is 1. The van der Waals surface area contributed by atoms with E-state index in [1.165, 1.54) is 5.57 Å². The van der Waals surface area contributed by atoms with Gasteiger partial charge in [0.2, 0.25) is 0 Å². The summed E-state index contributed by atoms with van der Waals surface area (Å²) in [6, 6.07) is 0. The number of esters is 1. The van der Waals surface area contributed by atoms with E-state index < -0.39 is 0 Å². The maximum Gasteiger partial charge on any atom is 0.318 e. The molecule has 0 saturated heterocycles. The van der Waals surface area contributed by atoms with Gasteiger partial charge < -0.3 is 4.74 Å². The topological polar surface area (TPSA) is 26.3 Å². The summed E-state index contributed by atoms with van der Waals surface area (Å²) >= 11 is 0. The quantitative estimate of drug-likeness (QED) is 0.404. The van der Waals surface area contributed by atoms with Crippen LogP contribution >= 0.6 is 0 Å². The van der Waals surface area contributed by atoms with Crippen molar-refractivity contribution in [1.29, 1.82) is 0 Å². The van der Waals surface area contributed by atoms with Gasteiger partial charge in [-0.1, -0.05) is 11.6 Å². The lowest BCUT2D eigenvalue weighted by molar-refractivity contribution is -0.143. The van der Waals surface area contributed by atoms with Gasteiger partial charge in [-0.3, -0.25) is 4.79 Å². The number of hydrogen-bond acceptors (Lipinski definition) is 2. The van der Waals surface area contributed by atoms with Gasteiger partial charge in [-0.15, -0.1) is 0 Å². The molecule has 2 aliphatic rings. The SMILES string of the molecule is CC1=CC[C@@H]2C(C)=COC(=O)[C@H]12. The van der Waals surface area contributed by atoms with Crippen LogP contribution in [0.1, 0.15) is 20.3 Å². The third-order valence-electron chi connectivity index (χ3n) is 2.79. The fraction of sp³-hybridized carbons (Fsp3) is 0.500. The molecule has 2 rings (SSSR count). The Kier molecular flexibility index (Phi) is 1.56. The predicted molar refractivity (Wildman–Crippen MR) is 45.2 cm³/mol. The lowest BCUT2D eigenvalue weighted by Gasteiger charge is -2.24. The second-order valence-electron chi connectivity index (χ2n) is 3.57. The summed E-state index contributed by atoms with van der Waals surface area (Å²) in [7, 11) is 0. The number of allylic oxidation sites excluding steroid dienone is 2. The van der Waals surface area contributed by atoms with E-state index in [0.29, 0.717) is 5.92 Å². The van der Waals surface area contributed by atoms with Gasteiger partial charge in [-0.05, 0) is 25.8 Å². The van der Waals surface area contributed by atoms with Crippen molar-refractivity contribution >= 4 is 5.97 Å². The van der Waals surface area contributed by atoms with Crippen molar-refractivity contribution < 1.29 is 9.53 Å². The summed E-state index contributed by atoms with van der Waals surface area (Å²) in [6.07, 6.45) is 4.73. The van der Waals surface area contributed by atoms with E-state index in [4.69, 9.17) is 4.74 Å². The summed E-state index contributed by atoms with van der Waals surface area (Å²) in [4.78, 5) is 11.3. The standard InChI is InChI=1S/C10H12O2/c1-6-3-4-8-7(2)5-12-10(11)9(6)8/h3,5,8-9H,4H2,1-2H3/t8-,9-/m1/s1. The van der Waals surface area contributed by atoms with Crippen molar-refractivity contribution in [1.82, 2.24) is 0 Å². The minimum atomic E-state index is -0.0862. The molecular formula is C10H12O2. The molecule has 1 aliphatic carbocycles. The van der Waals surface area contributed by atoms with E-state index in [9.17, 15) is 4.79 Å². The first kappa shape index (κ1) is 7.59.